The number of ether oxygens (including phenoxy) is 1. The number of rotatable bonds is 4. The minimum absolute atomic E-state index is 0.154. The molecule has 0 aliphatic carbocycles. The Bertz CT molecular complexity index is 505. The SMILES string of the molecule is Cc1nc(NCC2CN3CCCC3CO2)sc1C(=O)O. The zero-order valence-corrected chi connectivity index (χ0v) is 12.3. The van der Waals surface area contributed by atoms with Crippen molar-refractivity contribution in [2.24, 2.45) is 0 Å². The number of nitrogens with zero attached hydrogens (tertiary/aromatic N) is 2. The number of aromatic carboxylic acids is 1. The van der Waals surface area contributed by atoms with Gasteiger partial charge in [0.15, 0.2) is 5.13 Å². The summed E-state index contributed by atoms with van der Waals surface area (Å²) in [5.41, 5.74) is 0.564. The maximum atomic E-state index is 11.0. The van der Waals surface area contributed by atoms with Crippen LogP contribution in [-0.4, -0.2) is 59.3 Å². The van der Waals surface area contributed by atoms with Crippen LogP contribution in [0.25, 0.3) is 0 Å². The Morgan fingerprint density at radius 2 is 2.50 bits per heavy atom. The molecule has 2 saturated heterocycles. The normalized spacial score (nSPS) is 26.4. The van der Waals surface area contributed by atoms with E-state index in [-0.39, 0.29) is 6.10 Å². The third-order valence-corrected chi connectivity index (χ3v) is 5.04. The first-order valence-corrected chi connectivity index (χ1v) is 7.75. The number of aryl methyl sites for hydroxylation is 1. The second-order valence-electron chi connectivity index (χ2n) is 5.37. The number of hydrogen-bond acceptors (Lipinski definition) is 6. The molecule has 2 atom stereocenters. The number of carboxylic acids is 1. The molecule has 0 radical (unpaired) electrons. The lowest BCUT2D eigenvalue weighted by Gasteiger charge is -2.35. The van der Waals surface area contributed by atoms with E-state index in [1.165, 1.54) is 30.7 Å². The molecule has 2 fully saturated rings. The third-order valence-electron chi connectivity index (χ3n) is 3.93. The predicted molar refractivity (Wildman–Crippen MR) is 76.6 cm³/mol. The molecule has 2 aliphatic heterocycles. The zero-order valence-electron chi connectivity index (χ0n) is 11.5. The largest absolute Gasteiger partial charge is 0.477 e. The van der Waals surface area contributed by atoms with Crippen molar-refractivity contribution in [3.8, 4) is 0 Å². The maximum absolute atomic E-state index is 11.0. The van der Waals surface area contributed by atoms with Crippen LogP contribution < -0.4 is 5.32 Å². The number of anilines is 1. The van der Waals surface area contributed by atoms with E-state index in [0.717, 1.165) is 13.2 Å². The monoisotopic (exact) mass is 297 g/mol. The average molecular weight is 297 g/mol. The quantitative estimate of drug-likeness (QED) is 0.875. The van der Waals surface area contributed by atoms with Crippen LogP contribution in [0.4, 0.5) is 5.13 Å². The van der Waals surface area contributed by atoms with Gasteiger partial charge in [-0.3, -0.25) is 4.90 Å². The second-order valence-corrected chi connectivity index (χ2v) is 6.37. The van der Waals surface area contributed by atoms with Crippen molar-refractivity contribution in [2.45, 2.75) is 31.9 Å². The van der Waals surface area contributed by atoms with Gasteiger partial charge in [0, 0.05) is 19.1 Å². The number of morpholine rings is 1. The lowest BCUT2D eigenvalue weighted by molar-refractivity contribution is -0.0415. The van der Waals surface area contributed by atoms with E-state index < -0.39 is 5.97 Å². The zero-order chi connectivity index (χ0) is 14.1. The third kappa shape index (κ3) is 2.79. The Morgan fingerprint density at radius 1 is 1.65 bits per heavy atom. The average Bonchev–Trinajstić information content (AvgIpc) is 3.01. The van der Waals surface area contributed by atoms with Crippen molar-refractivity contribution in [1.29, 1.82) is 0 Å². The first-order valence-electron chi connectivity index (χ1n) is 6.93. The highest BCUT2D eigenvalue weighted by molar-refractivity contribution is 7.17. The summed E-state index contributed by atoms with van der Waals surface area (Å²) < 4.78 is 5.85. The first-order chi connectivity index (χ1) is 9.63. The molecule has 7 heteroatoms. The topological polar surface area (TPSA) is 74.7 Å². The van der Waals surface area contributed by atoms with Gasteiger partial charge in [0.1, 0.15) is 4.88 Å². The van der Waals surface area contributed by atoms with Crippen LogP contribution in [-0.2, 0) is 4.74 Å². The standard InChI is InChI=1S/C13H19N3O3S/c1-8-11(12(17)18)20-13(15-8)14-5-10-6-16-4-2-3-9(16)7-19-10/h9-10H,2-7H2,1H3,(H,14,15)(H,17,18). The van der Waals surface area contributed by atoms with Crippen LogP contribution in [0.1, 0.15) is 28.2 Å². The summed E-state index contributed by atoms with van der Waals surface area (Å²) in [6.07, 6.45) is 2.66. The molecule has 0 amide bonds. The smallest absolute Gasteiger partial charge is 0.347 e. The van der Waals surface area contributed by atoms with Gasteiger partial charge < -0.3 is 15.2 Å². The molecule has 0 bridgehead atoms. The minimum atomic E-state index is -0.915. The molecule has 2 aliphatic rings. The van der Waals surface area contributed by atoms with Crippen LogP contribution in [0.5, 0.6) is 0 Å². The minimum Gasteiger partial charge on any atom is -0.477 e. The molecule has 3 rings (SSSR count). The summed E-state index contributed by atoms with van der Waals surface area (Å²) in [6.45, 7) is 5.33. The number of aromatic nitrogens is 1. The summed E-state index contributed by atoms with van der Waals surface area (Å²) in [7, 11) is 0. The van der Waals surface area contributed by atoms with Crippen LogP contribution in [0.15, 0.2) is 0 Å². The molecule has 0 saturated carbocycles. The van der Waals surface area contributed by atoms with E-state index in [4.69, 9.17) is 9.84 Å². The van der Waals surface area contributed by atoms with Gasteiger partial charge in [0.05, 0.1) is 18.4 Å². The van der Waals surface area contributed by atoms with E-state index in [1.54, 1.807) is 6.92 Å². The Hall–Kier alpha value is -1.18. The van der Waals surface area contributed by atoms with Crippen LogP contribution in [0.2, 0.25) is 0 Å². The fourth-order valence-corrected chi connectivity index (χ4v) is 3.69. The van der Waals surface area contributed by atoms with Crippen LogP contribution >= 0.6 is 11.3 Å². The number of carboxylic acid groups (broad SMARTS) is 1. The summed E-state index contributed by atoms with van der Waals surface area (Å²) >= 11 is 1.18. The first kappa shape index (κ1) is 13.8. The highest BCUT2D eigenvalue weighted by Gasteiger charge is 2.32. The number of carbonyl (C=O) groups is 1. The maximum Gasteiger partial charge on any atom is 0.347 e. The Labute approximate surface area is 121 Å². The highest BCUT2D eigenvalue weighted by Crippen LogP contribution is 2.25. The molecule has 0 aromatic carbocycles. The molecule has 1 aromatic rings. The molecule has 0 spiro atoms. The Balaban J connectivity index is 1.54. The van der Waals surface area contributed by atoms with Crippen molar-refractivity contribution in [1.82, 2.24) is 9.88 Å². The van der Waals surface area contributed by atoms with E-state index >= 15 is 0 Å². The van der Waals surface area contributed by atoms with Crippen molar-refractivity contribution in [3.05, 3.63) is 10.6 Å². The molecule has 20 heavy (non-hydrogen) atoms. The molecule has 110 valence electrons. The summed E-state index contributed by atoms with van der Waals surface area (Å²) in [4.78, 5) is 18.0. The van der Waals surface area contributed by atoms with Crippen molar-refractivity contribution >= 4 is 22.4 Å². The summed E-state index contributed by atoms with van der Waals surface area (Å²) in [6, 6.07) is 0.604. The fraction of sp³-hybridized carbons (Fsp3) is 0.692. The van der Waals surface area contributed by atoms with Crippen molar-refractivity contribution in [3.63, 3.8) is 0 Å². The van der Waals surface area contributed by atoms with E-state index in [2.05, 4.69) is 15.2 Å². The van der Waals surface area contributed by atoms with Gasteiger partial charge in [-0.1, -0.05) is 11.3 Å². The van der Waals surface area contributed by atoms with E-state index in [9.17, 15) is 4.79 Å². The second kappa shape index (κ2) is 5.67. The molecule has 2 N–H and O–H groups in total. The van der Waals surface area contributed by atoms with Gasteiger partial charge >= 0.3 is 5.97 Å². The van der Waals surface area contributed by atoms with Gasteiger partial charge in [-0.25, -0.2) is 9.78 Å². The summed E-state index contributed by atoms with van der Waals surface area (Å²) in [5, 5.41) is 12.9. The number of nitrogens with one attached hydrogen (secondary N) is 1. The molecule has 6 nitrogen and oxygen atoms in total. The summed E-state index contributed by atoms with van der Waals surface area (Å²) in [5.74, 6) is -0.915. The number of hydrogen-bond donors (Lipinski definition) is 2. The van der Waals surface area contributed by atoms with Gasteiger partial charge in [-0.05, 0) is 26.3 Å². The lowest BCUT2D eigenvalue weighted by atomic mass is 10.2. The molecular formula is C13H19N3O3S. The van der Waals surface area contributed by atoms with Gasteiger partial charge in [-0.15, -0.1) is 0 Å². The molecular weight excluding hydrogens is 278 g/mol. The Kier molecular flexibility index (Phi) is 3.91. The highest BCUT2D eigenvalue weighted by atomic mass is 32.1. The van der Waals surface area contributed by atoms with Gasteiger partial charge in [-0.2, -0.15) is 0 Å². The lowest BCUT2D eigenvalue weighted by Crippen LogP contribution is -2.48. The van der Waals surface area contributed by atoms with Gasteiger partial charge in [0.25, 0.3) is 0 Å². The molecule has 2 unspecified atom stereocenters. The molecule has 3 heterocycles. The number of thiazole rings is 1. The number of fused-ring (bicyclic) bond motifs is 1. The van der Waals surface area contributed by atoms with E-state index in [0.29, 0.717) is 28.3 Å². The van der Waals surface area contributed by atoms with Crippen LogP contribution in [0.3, 0.4) is 0 Å². The Morgan fingerprint density at radius 3 is 3.25 bits per heavy atom. The van der Waals surface area contributed by atoms with E-state index in [1.807, 2.05) is 0 Å². The molecule has 1 aromatic heterocycles. The van der Waals surface area contributed by atoms with Crippen molar-refractivity contribution in [2.75, 3.05) is 31.6 Å². The van der Waals surface area contributed by atoms with Crippen LogP contribution in [0, 0.1) is 6.92 Å². The van der Waals surface area contributed by atoms with Gasteiger partial charge in [0.2, 0.25) is 0 Å². The van der Waals surface area contributed by atoms with Crippen molar-refractivity contribution < 1.29 is 14.6 Å². The fourth-order valence-electron chi connectivity index (χ4n) is 2.88. The predicted octanol–water partition coefficient (Wildman–Crippen LogP) is 1.42.